The number of aliphatic carboxylic acids is 1. The average Bonchev–Trinajstić information content (AvgIpc) is 2.93. The topological polar surface area (TPSA) is 80.9 Å². The largest absolute Gasteiger partial charge is 0.481 e. The molecule has 2 rings (SSSR count). The van der Waals surface area contributed by atoms with Crippen LogP contribution in [0.5, 0.6) is 0 Å². The van der Waals surface area contributed by atoms with Crippen molar-refractivity contribution in [2.75, 3.05) is 0 Å². The Bertz CT molecular complexity index is 444. The quantitative estimate of drug-likeness (QED) is 0.884. The van der Waals surface area contributed by atoms with Crippen LogP contribution in [0.1, 0.15) is 64.2 Å². The first-order chi connectivity index (χ1) is 9.00. The molecule has 106 valence electrons. The van der Waals surface area contributed by atoms with E-state index in [0.717, 1.165) is 12.2 Å². The Morgan fingerprint density at radius 3 is 2.74 bits per heavy atom. The van der Waals surface area contributed by atoms with Crippen molar-refractivity contribution in [3.63, 3.8) is 0 Å². The van der Waals surface area contributed by atoms with Gasteiger partial charge < -0.3 is 5.11 Å². The molecule has 0 amide bonds. The molecule has 1 heterocycles. The normalized spacial score (nSPS) is 24.8. The Morgan fingerprint density at radius 1 is 1.47 bits per heavy atom. The summed E-state index contributed by atoms with van der Waals surface area (Å²) in [6.07, 6.45) is 3.56. The van der Waals surface area contributed by atoms with Crippen molar-refractivity contribution in [2.24, 2.45) is 11.8 Å². The Hall–Kier alpha value is -1.46. The van der Waals surface area contributed by atoms with Crippen molar-refractivity contribution >= 4 is 5.97 Å². The van der Waals surface area contributed by atoms with Gasteiger partial charge in [-0.2, -0.15) is 0 Å². The van der Waals surface area contributed by atoms with E-state index in [1.165, 1.54) is 12.8 Å². The minimum Gasteiger partial charge on any atom is -0.481 e. The summed E-state index contributed by atoms with van der Waals surface area (Å²) in [7, 11) is 0. The molecule has 0 spiro atoms. The van der Waals surface area contributed by atoms with Crippen LogP contribution in [0.2, 0.25) is 0 Å². The van der Waals surface area contributed by atoms with Crippen molar-refractivity contribution < 1.29 is 9.90 Å². The molecular formula is C13H22N4O2. The molecule has 3 atom stereocenters. The van der Waals surface area contributed by atoms with Crippen LogP contribution < -0.4 is 0 Å². The third kappa shape index (κ3) is 2.93. The lowest BCUT2D eigenvalue weighted by Crippen LogP contribution is -2.24. The summed E-state index contributed by atoms with van der Waals surface area (Å²) in [5.41, 5.74) is 0. The van der Waals surface area contributed by atoms with Crippen molar-refractivity contribution in [1.82, 2.24) is 20.2 Å². The van der Waals surface area contributed by atoms with Crippen LogP contribution in [0.15, 0.2) is 0 Å². The van der Waals surface area contributed by atoms with E-state index in [0.29, 0.717) is 11.8 Å². The van der Waals surface area contributed by atoms with Gasteiger partial charge in [-0.05, 0) is 35.1 Å². The summed E-state index contributed by atoms with van der Waals surface area (Å²) in [4.78, 5) is 11.0. The highest BCUT2D eigenvalue weighted by Gasteiger charge is 2.32. The first kappa shape index (κ1) is 14.0. The molecule has 1 fully saturated rings. The van der Waals surface area contributed by atoms with E-state index in [9.17, 15) is 4.79 Å². The number of nitrogens with zero attached hydrogens (tertiary/aromatic N) is 4. The van der Waals surface area contributed by atoms with Gasteiger partial charge in [0.15, 0.2) is 5.82 Å². The maximum atomic E-state index is 11.0. The summed E-state index contributed by atoms with van der Waals surface area (Å²) in [6.45, 7) is 6.24. The maximum absolute atomic E-state index is 11.0. The van der Waals surface area contributed by atoms with Crippen molar-refractivity contribution in [1.29, 1.82) is 0 Å². The second-order valence-electron chi connectivity index (χ2n) is 5.91. The zero-order chi connectivity index (χ0) is 14.0. The molecule has 0 saturated heterocycles. The molecule has 1 aliphatic carbocycles. The second kappa shape index (κ2) is 5.67. The fourth-order valence-electron chi connectivity index (χ4n) is 2.99. The summed E-state index contributed by atoms with van der Waals surface area (Å²) in [5.74, 6) is 1.19. The number of hydrogen-bond acceptors (Lipinski definition) is 4. The Labute approximate surface area is 113 Å². The van der Waals surface area contributed by atoms with Gasteiger partial charge in [0.2, 0.25) is 0 Å². The van der Waals surface area contributed by atoms with E-state index in [4.69, 9.17) is 5.11 Å². The summed E-state index contributed by atoms with van der Waals surface area (Å²) in [5, 5.41) is 21.1. The van der Waals surface area contributed by atoms with E-state index in [1.807, 2.05) is 13.8 Å². The Balaban J connectivity index is 2.28. The molecule has 3 unspecified atom stereocenters. The molecule has 1 aliphatic rings. The third-order valence-electron chi connectivity index (χ3n) is 4.18. The molecule has 19 heavy (non-hydrogen) atoms. The number of carbonyl (C=O) groups is 1. The van der Waals surface area contributed by atoms with Gasteiger partial charge in [0.25, 0.3) is 0 Å². The van der Waals surface area contributed by atoms with Gasteiger partial charge in [0.05, 0.1) is 12.5 Å². The van der Waals surface area contributed by atoms with Gasteiger partial charge in [-0.3, -0.25) is 4.79 Å². The molecule has 1 saturated carbocycles. The van der Waals surface area contributed by atoms with Crippen molar-refractivity contribution in [3.05, 3.63) is 5.82 Å². The Morgan fingerprint density at radius 2 is 2.21 bits per heavy atom. The molecular weight excluding hydrogens is 244 g/mol. The van der Waals surface area contributed by atoms with Crippen molar-refractivity contribution in [3.8, 4) is 0 Å². The zero-order valence-electron chi connectivity index (χ0n) is 11.8. The van der Waals surface area contributed by atoms with E-state index < -0.39 is 5.97 Å². The van der Waals surface area contributed by atoms with Crippen LogP contribution in [-0.4, -0.2) is 31.3 Å². The fourth-order valence-corrected chi connectivity index (χ4v) is 2.99. The predicted molar refractivity (Wildman–Crippen MR) is 69.7 cm³/mol. The maximum Gasteiger partial charge on any atom is 0.305 e. The van der Waals surface area contributed by atoms with Crippen LogP contribution >= 0.6 is 0 Å². The molecule has 0 aliphatic heterocycles. The second-order valence-corrected chi connectivity index (χ2v) is 5.91. The minimum absolute atomic E-state index is 0.0663. The first-order valence-corrected chi connectivity index (χ1v) is 7.00. The SMILES string of the molecule is CC(C)C(CC(=O)O)n1nnnc1C1CCCC1C. The smallest absolute Gasteiger partial charge is 0.305 e. The number of aromatic nitrogens is 4. The molecule has 0 aromatic carbocycles. The van der Waals surface area contributed by atoms with Gasteiger partial charge in [-0.25, -0.2) is 4.68 Å². The molecule has 0 bridgehead atoms. The van der Waals surface area contributed by atoms with E-state index in [2.05, 4.69) is 22.4 Å². The lowest BCUT2D eigenvalue weighted by Gasteiger charge is -2.23. The van der Waals surface area contributed by atoms with Gasteiger partial charge in [-0.15, -0.1) is 5.10 Å². The summed E-state index contributed by atoms with van der Waals surface area (Å²) in [6, 6.07) is -0.171. The fraction of sp³-hybridized carbons (Fsp3) is 0.846. The van der Waals surface area contributed by atoms with Crippen LogP contribution in [0.3, 0.4) is 0 Å². The predicted octanol–water partition coefficient (Wildman–Crippen LogP) is 2.25. The lowest BCUT2D eigenvalue weighted by atomic mass is 9.95. The highest BCUT2D eigenvalue weighted by Crippen LogP contribution is 2.39. The van der Waals surface area contributed by atoms with Gasteiger partial charge in [0, 0.05) is 5.92 Å². The van der Waals surface area contributed by atoms with Crippen molar-refractivity contribution in [2.45, 2.75) is 58.4 Å². The van der Waals surface area contributed by atoms with Gasteiger partial charge >= 0.3 is 5.97 Å². The highest BCUT2D eigenvalue weighted by molar-refractivity contribution is 5.67. The standard InChI is InChI=1S/C13H22N4O2/c1-8(2)11(7-12(18)19)17-13(14-15-16-17)10-6-4-5-9(10)3/h8-11H,4-7H2,1-3H3,(H,18,19). The summed E-state index contributed by atoms with van der Waals surface area (Å²) < 4.78 is 1.76. The first-order valence-electron chi connectivity index (χ1n) is 7.00. The van der Waals surface area contributed by atoms with E-state index in [-0.39, 0.29) is 18.4 Å². The van der Waals surface area contributed by atoms with Crippen LogP contribution in [0.25, 0.3) is 0 Å². The molecule has 1 aromatic rings. The molecule has 6 heteroatoms. The van der Waals surface area contributed by atoms with Crippen LogP contribution in [-0.2, 0) is 4.79 Å². The number of hydrogen-bond donors (Lipinski definition) is 1. The average molecular weight is 266 g/mol. The van der Waals surface area contributed by atoms with Gasteiger partial charge in [-0.1, -0.05) is 27.2 Å². The lowest BCUT2D eigenvalue weighted by molar-refractivity contribution is -0.138. The number of tetrazole rings is 1. The molecule has 0 radical (unpaired) electrons. The third-order valence-corrected chi connectivity index (χ3v) is 4.18. The van der Waals surface area contributed by atoms with Crippen LogP contribution in [0.4, 0.5) is 0 Å². The van der Waals surface area contributed by atoms with Gasteiger partial charge in [0.1, 0.15) is 0 Å². The Kier molecular flexibility index (Phi) is 4.17. The van der Waals surface area contributed by atoms with E-state index >= 15 is 0 Å². The number of rotatable bonds is 5. The molecule has 6 nitrogen and oxygen atoms in total. The number of carboxylic acid groups (broad SMARTS) is 1. The molecule has 1 N–H and O–H groups in total. The summed E-state index contributed by atoms with van der Waals surface area (Å²) >= 11 is 0. The minimum atomic E-state index is -0.806. The zero-order valence-corrected chi connectivity index (χ0v) is 11.8. The number of carboxylic acids is 1. The molecule has 1 aromatic heterocycles. The monoisotopic (exact) mass is 266 g/mol. The van der Waals surface area contributed by atoms with Crippen LogP contribution in [0, 0.1) is 11.8 Å². The highest BCUT2D eigenvalue weighted by atomic mass is 16.4. The van der Waals surface area contributed by atoms with E-state index in [1.54, 1.807) is 4.68 Å².